The van der Waals surface area contributed by atoms with Crippen molar-refractivity contribution < 1.29 is 0 Å². The SMILES string of the molecule is CC(CNc1nnc(NC2CCN(c3nc4ncccc4s3)C2)s1)c1ccccc1. The number of pyridine rings is 1. The van der Waals surface area contributed by atoms with Gasteiger partial charge in [-0.25, -0.2) is 4.98 Å². The van der Waals surface area contributed by atoms with Gasteiger partial charge in [-0.3, -0.25) is 0 Å². The zero-order chi connectivity index (χ0) is 20.3. The molecule has 0 amide bonds. The molecule has 1 aliphatic heterocycles. The van der Waals surface area contributed by atoms with E-state index in [0.717, 1.165) is 51.8 Å². The lowest BCUT2D eigenvalue weighted by molar-refractivity contribution is 0.797. The molecule has 4 aromatic rings. The number of nitrogens with one attached hydrogen (secondary N) is 2. The van der Waals surface area contributed by atoms with Gasteiger partial charge in [0.2, 0.25) is 10.3 Å². The first-order chi connectivity index (χ1) is 14.7. The lowest BCUT2D eigenvalue weighted by atomic mass is 10.0. The molecule has 1 saturated heterocycles. The van der Waals surface area contributed by atoms with E-state index in [9.17, 15) is 0 Å². The third-order valence-electron chi connectivity index (χ3n) is 5.29. The molecule has 154 valence electrons. The molecule has 30 heavy (non-hydrogen) atoms. The lowest BCUT2D eigenvalue weighted by Gasteiger charge is -2.15. The Morgan fingerprint density at radius 2 is 1.97 bits per heavy atom. The molecular weight excluding hydrogens is 414 g/mol. The van der Waals surface area contributed by atoms with Crippen LogP contribution < -0.4 is 15.5 Å². The fraction of sp³-hybridized carbons (Fsp3) is 0.333. The monoisotopic (exact) mass is 437 g/mol. The molecule has 0 bridgehead atoms. The van der Waals surface area contributed by atoms with Crippen LogP contribution in [0.1, 0.15) is 24.8 Å². The minimum Gasteiger partial charge on any atom is -0.359 e. The molecule has 7 nitrogen and oxygen atoms in total. The van der Waals surface area contributed by atoms with Crippen molar-refractivity contribution >= 4 is 48.4 Å². The molecule has 0 radical (unpaired) electrons. The summed E-state index contributed by atoms with van der Waals surface area (Å²) >= 11 is 3.28. The van der Waals surface area contributed by atoms with Gasteiger partial charge in [-0.15, -0.1) is 10.2 Å². The second-order valence-electron chi connectivity index (χ2n) is 7.50. The summed E-state index contributed by atoms with van der Waals surface area (Å²) in [6.07, 6.45) is 2.85. The molecule has 0 saturated carbocycles. The fourth-order valence-electron chi connectivity index (χ4n) is 3.61. The van der Waals surface area contributed by atoms with E-state index in [0.29, 0.717) is 12.0 Å². The molecule has 0 spiro atoms. The van der Waals surface area contributed by atoms with Crippen molar-refractivity contribution in [3.8, 4) is 0 Å². The zero-order valence-electron chi connectivity index (χ0n) is 16.7. The van der Waals surface area contributed by atoms with Gasteiger partial charge in [0, 0.05) is 31.9 Å². The average molecular weight is 438 g/mol. The minimum absolute atomic E-state index is 0.342. The van der Waals surface area contributed by atoms with E-state index in [-0.39, 0.29) is 0 Å². The Balaban J connectivity index is 1.15. The smallest absolute Gasteiger partial charge is 0.207 e. The zero-order valence-corrected chi connectivity index (χ0v) is 18.3. The Morgan fingerprint density at radius 1 is 1.10 bits per heavy atom. The topological polar surface area (TPSA) is 78.9 Å². The molecule has 5 rings (SSSR count). The van der Waals surface area contributed by atoms with Gasteiger partial charge in [0.1, 0.15) is 0 Å². The van der Waals surface area contributed by atoms with Gasteiger partial charge in [0.25, 0.3) is 0 Å². The van der Waals surface area contributed by atoms with Crippen LogP contribution in [-0.4, -0.2) is 45.8 Å². The van der Waals surface area contributed by atoms with Crippen LogP contribution >= 0.6 is 22.7 Å². The number of benzene rings is 1. The Kier molecular flexibility index (Phi) is 5.46. The summed E-state index contributed by atoms with van der Waals surface area (Å²) in [4.78, 5) is 11.3. The van der Waals surface area contributed by atoms with Crippen LogP contribution in [0.4, 0.5) is 15.4 Å². The van der Waals surface area contributed by atoms with Crippen molar-refractivity contribution in [1.82, 2.24) is 20.2 Å². The highest BCUT2D eigenvalue weighted by molar-refractivity contribution is 7.22. The van der Waals surface area contributed by atoms with Gasteiger partial charge in [-0.1, -0.05) is 59.9 Å². The molecule has 1 aromatic carbocycles. The van der Waals surface area contributed by atoms with E-state index in [1.165, 1.54) is 5.56 Å². The van der Waals surface area contributed by atoms with Gasteiger partial charge in [-0.05, 0) is 30.0 Å². The first-order valence-corrected chi connectivity index (χ1v) is 11.7. The average Bonchev–Trinajstić information content (AvgIpc) is 3.52. The molecular formula is C21H23N7S2. The summed E-state index contributed by atoms with van der Waals surface area (Å²) in [6.45, 7) is 4.94. The van der Waals surface area contributed by atoms with Crippen molar-refractivity contribution in [2.24, 2.45) is 0 Å². The summed E-state index contributed by atoms with van der Waals surface area (Å²) in [5, 5.41) is 18.3. The van der Waals surface area contributed by atoms with Crippen LogP contribution in [-0.2, 0) is 0 Å². The van der Waals surface area contributed by atoms with Crippen molar-refractivity contribution in [3.63, 3.8) is 0 Å². The van der Waals surface area contributed by atoms with Crippen LogP contribution in [0.5, 0.6) is 0 Å². The molecule has 0 aliphatic carbocycles. The quantitative estimate of drug-likeness (QED) is 0.442. The van der Waals surface area contributed by atoms with Crippen molar-refractivity contribution in [1.29, 1.82) is 0 Å². The molecule has 4 heterocycles. The van der Waals surface area contributed by atoms with Gasteiger partial charge < -0.3 is 15.5 Å². The maximum absolute atomic E-state index is 4.68. The van der Waals surface area contributed by atoms with Crippen molar-refractivity contribution in [2.45, 2.75) is 25.3 Å². The van der Waals surface area contributed by atoms with Crippen molar-refractivity contribution in [3.05, 3.63) is 54.2 Å². The number of rotatable bonds is 7. The molecule has 2 N–H and O–H groups in total. The number of aromatic nitrogens is 4. The van der Waals surface area contributed by atoms with Crippen molar-refractivity contribution in [2.75, 3.05) is 35.2 Å². The normalized spacial score (nSPS) is 17.4. The first-order valence-electron chi connectivity index (χ1n) is 10.1. The number of thiazole rings is 1. The van der Waals surface area contributed by atoms with Crippen LogP contribution in [0.25, 0.3) is 10.3 Å². The van der Waals surface area contributed by atoms with E-state index < -0.39 is 0 Å². The standard InChI is InChI=1S/C21H23N7S2/c1-14(15-6-3-2-4-7-15)12-23-19-26-27-20(30-19)24-16-9-11-28(13-16)21-25-18-17(29-21)8-5-10-22-18/h2-8,10,14,16H,9,11-13H2,1H3,(H,23,26)(H,24,27). The van der Waals surface area contributed by atoms with E-state index in [2.05, 4.69) is 73.0 Å². The fourth-order valence-corrected chi connectivity index (χ4v) is 5.30. The highest BCUT2D eigenvalue weighted by Gasteiger charge is 2.26. The molecule has 9 heteroatoms. The molecule has 3 aromatic heterocycles. The van der Waals surface area contributed by atoms with E-state index in [1.54, 1.807) is 28.9 Å². The second kappa shape index (κ2) is 8.53. The summed E-state index contributed by atoms with van der Waals surface area (Å²) in [6, 6.07) is 14.9. The van der Waals surface area contributed by atoms with Gasteiger partial charge in [0.05, 0.1) is 4.70 Å². The van der Waals surface area contributed by atoms with Crippen LogP contribution in [0.2, 0.25) is 0 Å². The molecule has 1 aliphatic rings. The third kappa shape index (κ3) is 4.22. The highest BCUT2D eigenvalue weighted by Crippen LogP contribution is 2.31. The van der Waals surface area contributed by atoms with Crippen LogP contribution in [0.15, 0.2) is 48.7 Å². The number of hydrogen-bond donors (Lipinski definition) is 2. The predicted molar refractivity (Wildman–Crippen MR) is 125 cm³/mol. The summed E-state index contributed by atoms with van der Waals surface area (Å²) in [7, 11) is 0. The Hall–Kier alpha value is -2.78. The molecule has 1 fully saturated rings. The summed E-state index contributed by atoms with van der Waals surface area (Å²) in [5.41, 5.74) is 2.16. The third-order valence-corrected chi connectivity index (χ3v) is 7.18. The van der Waals surface area contributed by atoms with Gasteiger partial charge in [0.15, 0.2) is 10.8 Å². The highest BCUT2D eigenvalue weighted by atomic mass is 32.1. The number of hydrogen-bond acceptors (Lipinski definition) is 9. The number of nitrogens with zero attached hydrogens (tertiary/aromatic N) is 5. The van der Waals surface area contributed by atoms with Crippen LogP contribution in [0, 0.1) is 0 Å². The minimum atomic E-state index is 0.342. The number of fused-ring (bicyclic) bond motifs is 1. The lowest BCUT2D eigenvalue weighted by Crippen LogP contribution is -2.25. The van der Waals surface area contributed by atoms with Gasteiger partial charge in [-0.2, -0.15) is 4.98 Å². The maximum atomic E-state index is 4.68. The first kappa shape index (κ1) is 19.2. The summed E-state index contributed by atoms with van der Waals surface area (Å²) in [5.74, 6) is 0.415. The summed E-state index contributed by atoms with van der Waals surface area (Å²) < 4.78 is 1.13. The predicted octanol–water partition coefficient (Wildman–Crippen LogP) is 4.45. The molecule has 2 atom stereocenters. The Bertz CT molecular complexity index is 1080. The maximum Gasteiger partial charge on any atom is 0.207 e. The second-order valence-corrected chi connectivity index (χ2v) is 9.49. The van der Waals surface area contributed by atoms with E-state index in [4.69, 9.17) is 0 Å². The largest absolute Gasteiger partial charge is 0.359 e. The Morgan fingerprint density at radius 3 is 2.83 bits per heavy atom. The van der Waals surface area contributed by atoms with E-state index in [1.807, 2.05) is 12.1 Å². The molecule has 2 unspecified atom stereocenters. The Labute approximate surface area is 183 Å². The van der Waals surface area contributed by atoms with Gasteiger partial charge >= 0.3 is 0 Å². The van der Waals surface area contributed by atoms with Crippen LogP contribution in [0.3, 0.4) is 0 Å². The number of anilines is 3. The van der Waals surface area contributed by atoms with E-state index >= 15 is 0 Å².